The lowest BCUT2D eigenvalue weighted by Gasteiger charge is -2.22. The second-order valence-corrected chi connectivity index (χ2v) is 6.28. The van der Waals surface area contributed by atoms with Crippen molar-refractivity contribution in [2.45, 2.75) is 33.6 Å². The van der Waals surface area contributed by atoms with Gasteiger partial charge in [0.05, 0.1) is 0 Å². The summed E-state index contributed by atoms with van der Waals surface area (Å²) in [4.78, 5) is 26.0. The van der Waals surface area contributed by atoms with Crippen LogP contribution in [0.15, 0.2) is 30.3 Å². The summed E-state index contributed by atoms with van der Waals surface area (Å²) in [5.41, 5.74) is 3.33. The Morgan fingerprint density at radius 3 is 2.58 bits per heavy atom. The van der Waals surface area contributed by atoms with Crippen molar-refractivity contribution >= 4 is 17.5 Å². The number of carbonyl (C=O) groups excluding carboxylic acids is 1. The van der Waals surface area contributed by atoms with E-state index in [1.54, 1.807) is 11.0 Å². The number of carbonyl (C=O) groups is 1. The van der Waals surface area contributed by atoms with Gasteiger partial charge in [0.15, 0.2) is 0 Å². The summed E-state index contributed by atoms with van der Waals surface area (Å²) in [6.07, 6.45) is 2.32. The van der Waals surface area contributed by atoms with Crippen LogP contribution in [0.5, 0.6) is 0 Å². The third-order valence-corrected chi connectivity index (χ3v) is 4.33. The quantitative estimate of drug-likeness (QED) is 0.865. The molecule has 1 aromatic carbocycles. The van der Waals surface area contributed by atoms with Crippen molar-refractivity contribution < 1.29 is 4.79 Å². The van der Waals surface area contributed by atoms with Crippen molar-refractivity contribution in [3.8, 4) is 0 Å². The average Bonchev–Trinajstić information content (AvgIpc) is 3.09. The second-order valence-electron chi connectivity index (χ2n) is 6.28. The Hall–Kier alpha value is -2.43. The lowest BCUT2D eigenvalue weighted by atomic mass is 10.2. The number of amides is 1. The number of hydrogen-bond acceptors (Lipinski definition) is 4. The number of anilines is 2. The van der Waals surface area contributed by atoms with Crippen molar-refractivity contribution in [2.24, 2.45) is 0 Å². The molecule has 0 radical (unpaired) electrons. The Morgan fingerprint density at radius 2 is 1.92 bits per heavy atom. The fraction of sp³-hybridized carbons (Fsp3) is 0.421. The summed E-state index contributed by atoms with van der Waals surface area (Å²) in [5.74, 6) is 0.602. The van der Waals surface area contributed by atoms with Gasteiger partial charge in [-0.2, -0.15) is 0 Å². The van der Waals surface area contributed by atoms with Crippen LogP contribution in [0.1, 0.15) is 41.5 Å². The van der Waals surface area contributed by atoms with Crippen LogP contribution >= 0.6 is 0 Å². The molecule has 0 spiro atoms. The first-order valence-corrected chi connectivity index (χ1v) is 8.57. The first-order valence-electron chi connectivity index (χ1n) is 8.57. The van der Waals surface area contributed by atoms with Crippen LogP contribution in [-0.2, 0) is 0 Å². The molecule has 0 saturated carbocycles. The largest absolute Gasteiger partial charge is 0.341 e. The molecular weight excluding hydrogens is 300 g/mol. The minimum Gasteiger partial charge on any atom is -0.341 e. The number of rotatable bonds is 4. The fourth-order valence-corrected chi connectivity index (χ4v) is 3.10. The number of hydrogen-bond donors (Lipinski definition) is 0. The van der Waals surface area contributed by atoms with Gasteiger partial charge in [0.2, 0.25) is 5.95 Å². The van der Waals surface area contributed by atoms with Gasteiger partial charge in [-0.25, -0.2) is 9.97 Å². The summed E-state index contributed by atoms with van der Waals surface area (Å²) in [7, 11) is 0. The van der Waals surface area contributed by atoms with Gasteiger partial charge < -0.3 is 9.80 Å². The van der Waals surface area contributed by atoms with Gasteiger partial charge in [0.1, 0.15) is 5.69 Å². The van der Waals surface area contributed by atoms with Crippen molar-refractivity contribution in [2.75, 3.05) is 29.4 Å². The fourth-order valence-electron chi connectivity index (χ4n) is 3.10. The number of nitrogens with zero attached hydrogens (tertiary/aromatic N) is 4. The highest BCUT2D eigenvalue weighted by atomic mass is 16.2. The highest BCUT2D eigenvalue weighted by molar-refractivity contribution is 6.05. The van der Waals surface area contributed by atoms with E-state index in [2.05, 4.69) is 14.9 Å². The molecule has 0 atom stereocenters. The molecule has 5 nitrogen and oxygen atoms in total. The molecule has 1 aliphatic rings. The maximum atomic E-state index is 13.0. The number of aromatic nitrogens is 2. The van der Waals surface area contributed by atoms with Crippen LogP contribution in [0.25, 0.3) is 0 Å². The number of aryl methyl sites for hydroxylation is 2. The summed E-state index contributed by atoms with van der Waals surface area (Å²) >= 11 is 0. The first-order chi connectivity index (χ1) is 11.6. The van der Waals surface area contributed by atoms with E-state index in [1.807, 2.05) is 45.0 Å². The molecule has 0 bridgehead atoms. The molecule has 0 aliphatic carbocycles. The van der Waals surface area contributed by atoms with E-state index in [1.165, 1.54) is 0 Å². The molecule has 1 fully saturated rings. The van der Waals surface area contributed by atoms with Crippen LogP contribution in [-0.4, -0.2) is 35.5 Å². The Labute approximate surface area is 143 Å². The Balaban J connectivity index is 1.93. The van der Waals surface area contributed by atoms with E-state index >= 15 is 0 Å². The second kappa shape index (κ2) is 6.99. The maximum Gasteiger partial charge on any atom is 0.277 e. The molecule has 0 N–H and O–H groups in total. The maximum absolute atomic E-state index is 13.0. The first kappa shape index (κ1) is 16.4. The van der Waals surface area contributed by atoms with E-state index in [0.717, 1.165) is 42.9 Å². The van der Waals surface area contributed by atoms with E-state index in [-0.39, 0.29) is 5.91 Å². The van der Waals surface area contributed by atoms with E-state index < -0.39 is 0 Å². The van der Waals surface area contributed by atoms with Crippen LogP contribution in [0.3, 0.4) is 0 Å². The molecule has 2 aromatic rings. The minimum absolute atomic E-state index is 0.0750. The zero-order valence-electron chi connectivity index (χ0n) is 14.6. The summed E-state index contributed by atoms with van der Waals surface area (Å²) in [6, 6.07) is 9.77. The van der Waals surface area contributed by atoms with Crippen LogP contribution in [0, 0.1) is 13.8 Å². The third-order valence-electron chi connectivity index (χ3n) is 4.33. The lowest BCUT2D eigenvalue weighted by molar-refractivity contribution is 0.0983. The van der Waals surface area contributed by atoms with Gasteiger partial charge in [-0.05, 0) is 57.4 Å². The van der Waals surface area contributed by atoms with E-state index in [4.69, 9.17) is 0 Å². The summed E-state index contributed by atoms with van der Waals surface area (Å²) in [5, 5.41) is 0. The van der Waals surface area contributed by atoms with Crippen molar-refractivity contribution in [1.29, 1.82) is 0 Å². The van der Waals surface area contributed by atoms with E-state index in [9.17, 15) is 4.79 Å². The average molecular weight is 324 g/mol. The van der Waals surface area contributed by atoms with Crippen molar-refractivity contribution in [1.82, 2.24) is 9.97 Å². The Kier molecular flexibility index (Phi) is 4.79. The molecule has 1 aromatic heterocycles. The highest BCUT2D eigenvalue weighted by Crippen LogP contribution is 2.21. The smallest absolute Gasteiger partial charge is 0.277 e. The zero-order chi connectivity index (χ0) is 17.1. The molecule has 24 heavy (non-hydrogen) atoms. The standard InChI is InChI=1S/C19H24N4O/c1-4-23(16-9-7-8-14(2)12-16)18(24)17-13-15(3)20-19(21-17)22-10-5-6-11-22/h7-9,12-13H,4-6,10-11H2,1-3H3. The van der Waals surface area contributed by atoms with Gasteiger partial charge in [-0.1, -0.05) is 12.1 Å². The molecule has 1 aliphatic heterocycles. The SMILES string of the molecule is CCN(C(=O)c1cc(C)nc(N2CCCC2)n1)c1cccc(C)c1. The van der Waals surface area contributed by atoms with Gasteiger partial charge in [0, 0.05) is 31.0 Å². The lowest BCUT2D eigenvalue weighted by Crippen LogP contribution is -2.32. The van der Waals surface area contributed by atoms with Gasteiger partial charge in [-0.15, -0.1) is 0 Å². The van der Waals surface area contributed by atoms with Gasteiger partial charge in [0.25, 0.3) is 5.91 Å². The van der Waals surface area contributed by atoms with Crippen molar-refractivity contribution in [3.05, 3.63) is 47.3 Å². The van der Waals surface area contributed by atoms with Crippen LogP contribution in [0.4, 0.5) is 11.6 Å². The molecular formula is C19H24N4O. The normalized spacial score (nSPS) is 14.0. The highest BCUT2D eigenvalue weighted by Gasteiger charge is 2.21. The molecule has 126 valence electrons. The summed E-state index contributed by atoms with van der Waals surface area (Å²) in [6.45, 7) is 8.46. The zero-order valence-corrected chi connectivity index (χ0v) is 14.6. The molecule has 2 heterocycles. The van der Waals surface area contributed by atoms with Crippen LogP contribution in [0.2, 0.25) is 0 Å². The molecule has 3 rings (SSSR count). The molecule has 0 unspecified atom stereocenters. The Bertz CT molecular complexity index is 738. The summed E-state index contributed by atoms with van der Waals surface area (Å²) < 4.78 is 0. The number of benzene rings is 1. The topological polar surface area (TPSA) is 49.3 Å². The van der Waals surface area contributed by atoms with E-state index in [0.29, 0.717) is 18.2 Å². The van der Waals surface area contributed by atoms with Gasteiger partial charge in [-0.3, -0.25) is 4.79 Å². The molecule has 5 heteroatoms. The molecule has 1 saturated heterocycles. The monoisotopic (exact) mass is 324 g/mol. The van der Waals surface area contributed by atoms with Gasteiger partial charge >= 0.3 is 0 Å². The third kappa shape index (κ3) is 3.40. The molecule has 1 amide bonds. The predicted octanol–water partition coefficient (Wildman–Crippen LogP) is 3.36. The Morgan fingerprint density at radius 1 is 1.17 bits per heavy atom. The van der Waals surface area contributed by atoms with Crippen molar-refractivity contribution in [3.63, 3.8) is 0 Å². The minimum atomic E-state index is -0.0750. The predicted molar refractivity (Wildman–Crippen MR) is 96.7 cm³/mol. The van der Waals surface area contributed by atoms with Crippen LogP contribution < -0.4 is 9.80 Å².